The molecule has 0 aromatic heterocycles. The largest absolute Gasteiger partial charge is 0.253 e. The van der Waals surface area contributed by atoms with Crippen molar-refractivity contribution in [2.45, 2.75) is 57.3 Å². The first-order valence-electron chi connectivity index (χ1n) is 5.35. The second-order valence-electron chi connectivity index (χ2n) is 4.69. The molecule has 0 rings (SSSR count). The van der Waals surface area contributed by atoms with Crippen molar-refractivity contribution in [1.29, 1.82) is 0 Å². The van der Waals surface area contributed by atoms with Crippen molar-refractivity contribution in [2.24, 2.45) is 0 Å². The first-order valence-corrected chi connectivity index (χ1v) is 14.0. The second-order valence-corrected chi connectivity index (χ2v) is 20.3. The maximum atomic E-state index is 6.31. The van der Waals surface area contributed by atoms with Gasteiger partial charge in [0, 0.05) is 0 Å². The van der Waals surface area contributed by atoms with E-state index in [2.05, 4.69) is 27.7 Å². The van der Waals surface area contributed by atoms with Gasteiger partial charge in [-0.15, -0.1) is 44.3 Å². The lowest BCUT2D eigenvalue weighted by molar-refractivity contribution is 0.951. The van der Waals surface area contributed by atoms with E-state index in [0.717, 1.165) is 18.5 Å². The van der Waals surface area contributed by atoms with Crippen LogP contribution in [-0.2, 0) is 0 Å². The third-order valence-electron chi connectivity index (χ3n) is 2.71. The van der Waals surface area contributed by atoms with Crippen LogP contribution in [0.4, 0.5) is 0 Å². The van der Waals surface area contributed by atoms with Gasteiger partial charge in [-0.3, -0.25) is 0 Å². The van der Waals surface area contributed by atoms with Crippen LogP contribution in [0, 0.1) is 0 Å². The highest BCUT2D eigenvalue weighted by atomic mass is 35.7. The zero-order valence-electron chi connectivity index (χ0n) is 9.79. The molecule has 0 heterocycles. The molecule has 0 fully saturated rings. The minimum Gasteiger partial charge on any atom is -0.146 e. The first-order chi connectivity index (χ1) is 6.59. The molecule has 92 valence electrons. The molecule has 0 aliphatic rings. The molecule has 0 atom stereocenters. The fourth-order valence-electron chi connectivity index (χ4n) is 1.14. The fraction of sp³-hybridized carbons (Fsp3) is 1.00. The molecule has 0 aromatic rings. The van der Waals surface area contributed by atoms with Crippen LogP contribution in [0.5, 0.6) is 0 Å². The van der Waals surface area contributed by atoms with Gasteiger partial charge in [-0.1, -0.05) is 34.1 Å². The van der Waals surface area contributed by atoms with Gasteiger partial charge < -0.3 is 0 Å². The maximum absolute atomic E-state index is 6.31. The molecule has 0 spiro atoms. The number of hydrogen-bond donors (Lipinski definition) is 0. The summed E-state index contributed by atoms with van der Waals surface area (Å²) in [5.74, 6) is 0. The predicted molar refractivity (Wildman–Crippen MR) is 79.3 cm³/mol. The molecule has 6 heteroatoms. The van der Waals surface area contributed by atoms with Crippen molar-refractivity contribution in [3.05, 3.63) is 0 Å². The standard InChI is InChI=1S/C9H20Cl4Si2/c1-8(2)14(10,11)6-5-7-15(12,13)9(3)4/h8-9H,5-7H2,1-4H3. The molecule has 0 saturated carbocycles. The summed E-state index contributed by atoms with van der Waals surface area (Å²) in [6.45, 7) is 4.20. The van der Waals surface area contributed by atoms with E-state index in [1.165, 1.54) is 0 Å². The van der Waals surface area contributed by atoms with Gasteiger partial charge in [0.15, 0.2) is 0 Å². The smallest absolute Gasteiger partial charge is 0.146 e. The van der Waals surface area contributed by atoms with Crippen LogP contribution >= 0.6 is 44.3 Å². The van der Waals surface area contributed by atoms with E-state index >= 15 is 0 Å². The summed E-state index contributed by atoms with van der Waals surface area (Å²) in [4.78, 5) is 0. The molecule has 0 bridgehead atoms. The average molecular weight is 326 g/mol. The van der Waals surface area contributed by atoms with Gasteiger partial charge in [0.2, 0.25) is 0 Å². The van der Waals surface area contributed by atoms with Gasteiger partial charge in [0.1, 0.15) is 0 Å². The number of rotatable bonds is 6. The zero-order chi connectivity index (χ0) is 12.3. The van der Waals surface area contributed by atoms with Crippen molar-refractivity contribution in [3.8, 4) is 0 Å². The highest BCUT2D eigenvalue weighted by molar-refractivity contribution is 7.46. The Morgan fingerprint density at radius 1 is 0.733 bits per heavy atom. The van der Waals surface area contributed by atoms with Crippen molar-refractivity contribution >= 4 is 57.7 Å². The lowest BCUT2D eigenvalue weighted by Crippen LogP contribution is -2.27. The van der Waals surface area contributed by atoms with Crippen LogP contribution in [0.3, 0.4) is 0 Å². The highest BCUT2D eigenvalue weighted by Crippen LogP contribution is 2.39. The van der Waals surface area contributed by atoms with Crippen LogP contribution in [0.1, 0.15) is 34.1 Å². The van der Waals surface area contributed by atoms with Gasteiger partial charge in [-0.2, -0.15) is 0 Å². The van der Waals surface area contributed by atoms with Crippen molar-refractivity contribution in [1.82, 2.24) is 0 Å². The molecule has 0 N–H and O–H groups in total. The Morgan fingerprint density at radius 3 is 1.20 bits per heavy atom. The van der Waals surface area contributed by atoms with Crippen LogP contribution in [0.25, 0.3) is 0 Å². The topological polar surface area (TPSA) is 0 Å². The van der Waals surface area contributed by atoms with E-state index < -0.39 is 13.4 Å². The van der Waals surface area contributed by atoms with E-state index in [1.54, 1.807) is 0 Å². The zero-order valence-corrected chi connectivity index (χ0v) is 14.8. The Labute approximate surface area is 114 Å². The summed E-state index contributed by atoms with van der Waals surface area (Å²) in [6.07, 6.45) is 0.967. The number of halogens is 4. The second kappa shape index (κ2) is 6.51. The maximum Gasteiger partial charge on any atom is 0.253 e. The summed E-state index contributed by atoms with van der Waals surface area (Å²) < 4.78 is 0. The molecule has 0 nitrogen and oxygen atoms in total. The van der Waals surface area contributed by atoms with E-state index in [1.807, 2.05) is 0 Å². The third kappa shape index (κ3) is 6.18. The van der Waals surface area contributed by atoms with Gasteiger partial charge in [0.05, 0.1) is 0 Å². The van der Waals surface area contributed by atoms with Gasteiger partial charge in [0.25, 0.3) is 13.4 Å². The predicted octanol–water partition coefficient (Wildman–Crippen LogP) is 6.04. The third-order valence-corrected chi connectivity index (χ3v) is 15.6. The quantitative estimate of drug-likeness (QED) is 0.412. The summed E-state index contributed by atoms with van der Waals surface area (Å²) in [5.41, 5.74) is 0.781. The van der Waals surface area contributed by atoms with Gasteiger partial charge in [-0.05, 0) is 23.2 Å². The lowest BCUT2D eigenvalue weighted by atomic mass is 10.5. The molecule has 0 amide bonds. The van der Waals surface area contributed by atoms with Crippen LogP contribution in [0.2, 0.25) is 23.2 Å². The van der Waals surface area contributed by atoms with E-state index in [9.17, 15) is 0 Å². The molecule has 0 radical (unpaired) electrons. The Bertz CT molecular complexity index is 173. The Balaban J connectivity index is 4.00. The molecule has 15 heavy (non-hydrogen) atoms. The summed E-state index contributed by atoms with van der Waals surface area (Å²) >= 11 is 25.3. The van der Waals surface area contributed by atoms with Crippen LogP contribution < -0.4 is 0 Å². The van der Waals surface area contributed by atoms with Gasteiger partial charge in [-0.25, -0.2) is 0 Å². The summed E-state index contributed by atoms with van der Waals surface area (Å²) in [6, 6.07) is 1.80. The van der Waals surface area contributed by atoms with Crippen LogP contribution in [0.15, 0.2) is 0 Å². The molecule has 0 unspecified atom stereocenters. The monoisotopic (exact) mass is 324 g/mol. The van der Waals surface area contributed by atoms with Crippen molar-refractivity contribution in [2.75, 3.05) is 0 Å². The Morgan fingerprint density at radius 2 is 1.00 bits per heavy atom. The average Bonchev–Trinajstić information content (AvgIpc) is 2.02. The minimum absolute atomic E-state index is 0.390. The first kappa shape index (κ1) is 16.6. The molecule has 0 aromatic carbocycles. The minimum atomic E-state index is -2.07. The highest BCUT2D eigenvalue weighted by Gasteiger charge is 2.36. The molecule has 0 saturated heterocycles. The normalized spacial score (nSPS) is 14.0. The van der Waals surface area contributed by atoms with Crippen molar-refractivity contribution < 1.29 is 0 Å². The molecule has 0 aliphatic heterocycles. The van der Waals surface area contributed by atoms with E-state index in [0.29, 0.717) is 11.1 Å². The van der Waals surface area contributed by atoms with E-state index in [4.69, 9.17) is 44.3 Å². The number of hydrogen-bond acceptors (Lipinski definition) is 0. The summed E-state index contributed by atoms with van der Waals surface area (Å²) in [5, 5.41) is 0. The van der Waals surface area contributed by atoms with Crippen LogP contribution in [-0.4, -0.2) is 13.4 Å². The SMILES string of the molecule is CC(C)[Si](Cl)(Cl)CCC[Si](Cl)(Cl)C(C)C. The van der Waals surface area contributed by atoms with Gasteiger partial charge >= 0.3 is 0 Å². The van der Waals surface area contributed by atoms with Crippen molar-refractivity contribution in [3.63, 3.8) is 0 Å². The van der Waals surface area contributed by atoms with E-state index in [-0.39, 0.29) is 0 Å². The Kier molecular flexibility index (Phi) is 7.20. The fourth-order valence-corrected chi connectivity index (χ4v) is 5.55. The molecular formula is C9H20Cl4Si2. The molecule has 0 aliphatic carbocycles. The summed E-state index contributed by atoms with van der Waals surface area (Å²) in [7, 11) is 0. The lowest BCUT2D eigenvalue weighted by Gasteiger charge is -2.24. The Hall–Kier alpha value is 1.59. The molecular weight excluding hydrogens is 306 g/mol.